The number of rotatable bonds is 1. The van der Waals surface area contributed by atoms with Gasteiger partial charge < -0.3 is 10.2 Å². The number of phenols is 1. The van der Waals surface area contributed by atoms with Gasteiger partial charge in [0.15, 0.2) is 11.6 Å². The molecule has 0 bridgehead atoms. The standard InChI is InChI=1S/C16H20F2O2/c1-16-5-4-9(6-10(16)2-3-15(16)20)11-7-13(18)14(19)8-12(11)17/h7-10,15,19-20H,2-6H2,1H3/t9-,10+,15-,16-/m0/s1. The van der Waals surface area contributed by atoms with E-state index in [9.17, 15) is 19.0 Å². The van der Waals surface area contributed by atoms with Gasteiger partial charge in [-0.15, -0.1) is 0 Å². The summed E-state index contributed by atoms with van der Waals surface area (Å²) in [6.07, 6.45) is 3.87. The van der Waals surface area contributed by atoms with Crippen LogP contribution >= 0.6 is 0 Å². The van der Waals surface area contributed by atoms with Crippen molar-refractivity contribution in [2.75, 3.05) is 0 Å². The summed E-state index contributed by atoms with van der Waals surface area (Å²) < 4.78 is 27.4. The van der Waals surface area contributed by atoms with Gasteiger partial charge in [-0.25, -0.2) is 8.78 Å². The Morgan fingerprint density at radius 2 is 1.90 bits per heavy atom. The second-order valence-electron chi connectivity index (χ2n) is 6.59. The minimum absolute atomic E-state index is 0.0199. The summed E-state index contributed by atoms with van der Waals surface area (Å²) in [5.74, 6) is -1.58. The third-order valence-corrected chi connectivity index (χ3v) is 5.59. The largest absolute Gasteiger partial charge is 0.505 e. The van der Waals surface area contributed by atoms with Crippen molar-refractivity contribution in [3.8, 4) is 5.75 Å². The van der Waals surface area contributed by atoms with E-state index < -0.39 is 17.4 Å². The maximum atomic E-state index is 14.0. The quantitative estimate of drug-likeness (QED) is 0.824. The molecule has 110 valence electrons. The zero-order chi connectivity index (χ0) is 14.5. The van der Waals surface area contributed by atoms with Gasteiger partial charge in [-0.3, -0.25) is 0 Å². The average molecular weight is 282 g/mol. The minimum atomic E-state index is -0.763. The molecule has 0 amide bonds. The number of aliphatic hydroxyl groups is 1. The summed E-state index contributed by atoms with van der Waals surface area (Å²) in [7, 11) is 0. The smallest absolute Gasteiger partial charge is 0.165 e. The lowest BCUT2D eigenvalue weighted by atomic mass is 9.64. The molecule has 4 heteroatoms. The molecule has 2 N–H and O–H groups in total. The van der Waals surface area contributed by atoms with Crippen molar-refractivity contribution in [3.63, 3.8) is 0 Å². The molecule has 2 fully saturated rings. The minimum Gasteiger partial charge on any atom is -0.505 e. The van der Waals surface area contributed by atoms with Gasteiger partial charge in [-0.1, -0.05) is 6.92 Å². The van der Waals surface area contributed by atoms with Gasteiger partial charge in [0.25, 0.3) is 0 Å². The zero-order valence-corrected chi connectivity index (χ0v) is 11.6. The second-order valence-corrected chi connectivity index (χ2v) is 6.59. The van der Waals surface area contributed by atoms with Crippen LogP contribution in [0.15, 0.2) is 12.1 Å². The molecule has 20 heavy (non-hydrogen) atoms. The van der Waals surface area contributed by atoms with Crippen LogP contribution in [0.3, 0.4) is 0 Å². The van der Waals surface area contributed by atoms with Gasteiger partial charge in [0.2, 0.25) is 0 Å². The SMILES string of the molecule is C[C@]12CC[C@H](c3cc(F)c(O)cc3F)C[C@H]1CC[C@@H]2O. The molecule has 0 spiro atoms. The van der Waals surface area contributed by atoms with Crippen molar-refractivity contribution < 1.29 is 19.0 Å². The molecule has 0 unspecified atom stereocenters. The predicted octanol–water partition coefficient (Wildman–Crippen LogP) is 3.72. The summed E-state index contributed by atoms with van der Waals surface area (Å²) in [5.41, 5.74) is 0.298. The first kappa shape index (κ1) is 13.8. The van der Waals surface area contributed by atoms with E-state index >= 15 is 0 Å². The van der Waals surface area contributed by atoms with E-state index in [-0.39, 0.29) is 17.4 Å². The molecule has 4 atom stereocenters. The maximum Gasteiger partial charge on any atom is 0.165 e. The number of benzene rings is 1. The molecule has 0 radical (unpaired) electrons. The fourth-order valence-electron chi connectivity index (χ4n) is 4.14. The number of phenolic OH excluding ortho intramolecular Hbond substituents is 1. The zero-order valence-electron chi connectivity index (χ0n) is 11.6. The fraction of sp³-hybridized carbons (Fsp3) is 0.625. The third kappa shape index (κ3) is 2.01. The second kappa shape index (κ2) is 4.69. The van der Waals surface area contributed by atoms with Crippen LogP contribution in [0.4, 0.5) is 8.78 Å². The van der Waals surface area contributed by atoms with E-state index in [1.165, 1.54) is 0 Å². The third-order valence-electron chi connectivity index (χ3n) is 5.59. The van der Waals surface area contributed by atoms with Crippen molar-refractivity contribution in [1.82, 2.24) is 0 Å². The van der Waals surface area contributed by atoms with Crippen LogP contribution in [-0.2, 0) is 0 Å². The number of aliphatic hydroxyl groups excluding tert-OH is 1. The van der Waals surface area contributed by atoms with Crippen LogP contribution < -0.4 is 0 Å². The van der Waals surface area contributed by atoms with Gasteiger partial charge in [0, 0.05) is 6.07 Å². The Balaban J connectivity index is 1.86. The van der Waals surface area contributed by atoms with Crippen LogP contribution in [0.25, 0.3) is 0 Å². The van der Waals surface area contributed by atoms with E-state index in [1.807, 2.05) is 0 Å². The monoisotopic (exact) mass is 282 g/mol. The Morgan fingerprint density at radius 3 is 2.65 bits per heavy atom. The van der Waals surface area contributed by atoms with E-state index in [2.05, 4.69) is 6.92 Å². The Morgan fingerprint density at radius 1 is 1.15 bits per heavy atom. The van der Waals surface area contributed by atoms with Crippen molar-refractivity contribution in [2.45, 2.75) is 51.0 Å². The van der Waals surface area contributed by atoms with Crippen molar-refractivity contribution >= 4 is 0 Å². The maximum absolute atomic E-state index is 14.0. The van der Waals surface area contributed by atoms with E-state index in [4.69, 9.17) is 0 Å². The number of fused-ring (bicyclic) bond motifs is 1. The lowest BCUT2D eigenvalue weighted by Crippen LogP contribution is -2.37. The molecule has 0 aliphatic heterocycles. The molecule has 2 nitrogen and oxygen atoms in total. The van der Waals surface area contributed by atoms with Crippen LogP contribution in [0, 0.1) is 23.0 Å². The lowest BCUT2D eigenvalue weighted by molar-refractivity contribution is 0.00842. The summed E-state index contributed by atoms with van der Waals surface area (Å²) in [6, 6.07) is 1.99. The topological polar surface area (TPSA) is 40.5 Å². The fourth-order valence-corrected chi connectivity index (χ4v) is 4.14. The molecular formula is C16H20F2O2. The van der Waals surface area contributed by atoms with Crippen LogP contribution in [0.1, 0.15) is 50.5 Å². The van der Waals surface area contributed by atoms with Crippen LogP contribution in [0.2, 0.25) is 0 Å². The molecule has 0 aromatic heterocycles. The summed E-state index contributed by atoms with van der Waals surface area (Å²) >= 11 is 0. The van der Waals surface area contributed by atoms with Crippen LogP contribution in [0.5, 0.6) is 5.75 Å². The average Bonchev–Trinajstić information content (AvgIpc) is 2.70. The Hall–Kier alpha value is -1.16. The number of aromatic hydroxyl groups is 1. The first-order valence-electron chi connectivity index (χ1n) is 7.28. The Kier molecular flexibility index (Phi) is 3.24. The van der Waals surface area contributed by atoms with E-state index in [0.29, 0.717) is 11.5 Å². The van der Waals surface area contributed by atoms with Gasteiger partial charge in [-0.2, -0.15) is 0 Å². The molecule has 0 saturated heterocycles. The first-order chi connectivity index (χ1) is 9.41. The normalized spacial score (nSPS) is 36.9. The van der Waals surface area contributed by atoms with Gasteiger partial charge in [-0.05, 0) is 61.0 Å². The van der Waals surface area contributed by atoms with E-state index in [1.54, 1.807) is 0 Å². The highest BCUT2D eigenvalue weighted by Crippen LogP contribution is 2.55. The molecule has 1 aromatic rings. The number of hydrogen-bond acceptors (Lipinski definition) is 2. The van der Waals surface area contributed by atoms with Gasteiger partial charge >= 0.3 is 0 Å². The molecule has 2 aliphatic carbocycles. The van der Waals surface area contributed by atoms with Crippen molar-refractivity contribution in [1.29, 1.82) is 0 Å². The Labute approximate surface area is 117 Å². The molecular weight excluding hydrogens is 262 g/mol. The molecule has 2 saturated carbocycles. The molecule has 2 aliphatic rings. The molecule has 0 heterocycles. The highest BCUT2D eigenvalue weighted by atomic mass is 19.1. The van der Waals surface area contributed by atoms with Crippen molar-refractivity contribution in [2.24, 2.45) is 11.3 Å². The summed E-state index contributed by atoms with van der Waals surface area (Å²) in [6.45, 7) is 2.11. The lowest BCUT2D eigenvalue weighted by Gasteiger charge is -2.42. The predicted molar refractivity (Wildman–Crippen MR) is 71.5 cm³/mol. The van der Waals surface area contributed by atoms with Gasteiger partial charge in [0.05, 0.1) is 6.10 Å². The van der Waals surface area contributed by atoms with Crippen molar-refractivity contribution in [3.05, 3.63) is 29.3 Å². The first-order valence-corrected chi connectivity index (χ1v) is 7.28. The highest BCUT2D eigenvalue weighted by Gasteiger charge is 2.49. The van der Waals surface area contributed by atoms with E-state index in [0.717, 1.165) is 44.2 Å². The van der Waals surface area contributed by atoms with Gasteiger partial charge in [0.1, 0.15) is 5.82 Å². The highest BCUT2D eigenvalue weighted by molar-refractivity contribution is 5.32. The summed E-state index contributed by atoms with van der Waals surface area (Å²) in [4.78, 5) is 0. The molecule has 1 aromatic carbocycles. The molecule has 3 rings (SSSR count). The van der Waals surface area contributed by atoms with Crippen LogP contribution in [-0.4, -0.2) is 16.3 Å². The number of hydrogen-bond donors (Lipinski definition) is 2. The Bertz CT molecular complexity index is 531. The number of halogens is 2. The summed E-state index contributed by atoms with van der Waals surface area (Å²) in [5, 5.41) is 19.3.